The molecule has 0 atom stereocenters. The lowest BCUT2D eigenvalue weighted by Gasteiger charge is -2.41. The maximum absolute atomic E-state index is 5.44. The van der Waals surface area contributed by atoms with Gasteiger partial charge >= 0.3 is 0 Å². The zero-order valence-corrected chi connectivity index (χ0v) is 10.8. The van der Waals surface area contributed by atoms with Gasteiger partial charge in [-0.3, -0.25) is 0 Å². The van der Waals surface area contributed by atoms with Crippen molar-refractivity contribution in [1.82, 2.24) is 5.32 Å². The molecule has 15 heavy (non-hydrogen) atoms. The molecule has 84 valence electrons. The van der Waals surface area contributed by atoms with Gasteiger partial charge in [-0.25, -0.2) is 0 Å². The van der Waals surface area contributed by atoms with Crippen LogP contribution in [-0.4, -0.2) is 6.54 Å². The van der Waals surface area contributed by atoms with Gasteiger partial charge in [0.1, 0.15) is 5.76 Å². The van der Waals surface area contributed by atoms with Crippen LogP contribution < -0.4 is 5.32 Å². The molecular formula is C12H18BrNO. The fourth-order valence-electron chi connectivity index (χ4n) is 2.23. The zero-order chi connectivity index (χ0) is 10.7. The van der Waals surface area contributed by atoms with Crippen molar-refractivity contribution in [2.45, 2.75) is 39.2 Å². The summed E-state index contributed by atoms with van der Waals surface area (Å²) in [6.45, 7) is 4.26. The minimum Gasteiger partial charge on any atom is -0.453 e. The molecule has 0 aliphatic heterocycles. The van der Waals surface area contributed by atoms with Crippen LogP contribution in [0.3, 0.4) is 0 Å². The van der Waals surface area contributed by atoms with E-state index in [-0.39, 0.29) is 0 Å². The molecule has 1 saturated carbocycles. The van der Waals surface area contributed by atoms with Crippen LogP contribution in [0.15, 0.2) is 21.2 Å². The molecule has 0 amide bonds. The molecule has 2 rings (SSSR count). The van der Waals surface area contributed by atoms with Crippen LogP contribution in [0.4, 0.5) is 0 Å². The van der Waals surface area contributed by atoms with Gasteiger partial charge < -0.3 is 9.73 Å². The predicted octanol–water partition coefficient (Wildman–Crippen LogP) is 3.71. The van der Waals surface area contributed by atoms with Crippen LogP contribution in [0.1, 0.15) is 38.4 Å². The van der Waals surface area contributed by atoms with Crippen molar-refractivity contribution in [3.8, 4) is 0 Å². The summed E-state index contributed by atoms with van der Waals surface area (Å²) in [5.41, 5.74) is 0.587. The highest BCUT2D eigenvalue weighted by atomic mass is 79.9. The molecule has 0 saturated heterocycles. The van der Waals surface area contributed by atoms with E-state index in [1.54, 1.807) is 0 Å². The van der Waals surface area contributed by atoms with Gasteiger partial charge in [0.15, 0.2) is 4.67 Å². The van der Waals surface area contributed by atoms with Crippen molar-refractivity contribution in [3.05, 3.63) is 22.6 Å². The third kappa shape index (κ3) is 2.64. The number of nitrogens with one attached hydrogen (secondary N) is 1. The van der Waals surface area contributed by atoms with Crippen molar-refractivity contribution in [1.29, 1.82) is 0 Å². The van der Waals surface area contributed by atoms with Crippen molar-refractivity contribution in [2.75, 3.05) is 6.54 Å². The Morgan fingerprint density at radius 1 is 1.47 bits per heavy atom. The largest absolute Gasteiger partial charge is 0.453 e. The fourth-order valence-corrected chi connectivity index (χ4v) is 2.57. The molecule has 0 unspecified atom stereocenters. The first-order valence-electron chi connectivity index (χ1n) is 5.69. The van der Waals surface area contributed by atoms with E-state index in [1.165, 1.54) is 25.7 Å². The molecule has 1 aliphatic carbocycles. The van der Waals surface area contributed by atoms with Crippen LogP contribution in [-0.2, 0) is 6.54 Å². The van der Waals surface area contributed by atoms with Gasteiger partial charge in [-0.15, -0.1) is 0 Å². The number of rotatable bonds is 5. The second kappa shape index (κ2) is 4.71. The Morgan fingerprint density at radius 3 is 2.73 bits per heavy atom. The molecular weight excluding hydrogens is 254 g/mol. The molecule has 0 aromatic carbocycles. The summed E-state index contributed by atoms with van der Waals surface area (Å²) in [7, 11) is 0. The number of hydrogen-bond acceptors (Lipinski definition) is 2. The van der Waals surface area contributed by atoms with Crippen LogP contribution in [0, 0.1) is 5.41 Å². The average molecular weight is 272 g/mol. The van der Waals surface area contributed by atoms with E-state index >= 15 is 0 Å². The van der Waals surface area contributed by atoms with Gasteiger partial charge in [-0.2, -0.15) is 0 Å². The van der Waals surface area contributed by atoms with E-state index in [0.29, 0.717) is 5.41 Å². The van der Waals surface area contributed by atoms with Crippen LogP contribution in [0.2, 0.25) is 0 Å². The molecule has 1 aliphatic rings. The highest BCUT2D eigenvalue weighted by Gasteiger charge is 2.34. The summed E-state index contributed by atoms with van der Waals surface area (Å²) in [4.78, 5) is 0. The molecule has 0 radical (unpaired) electrons. The van der Waals surface area contributed by atoms with Crippen LogP contribution >= 0.6 is 15.9 Å². The lowest BCUT2D eigenvalue weighted by Crippen LogP contribution is -2.39. The monoisotopic (exact) mass is 271 g/mol. The fraction of sp³-hybridized carbons (Fsp3) is 0.667. The van der Waals surface area contributed by atoms with Crippen molar-refractivity contribution in [2.24, 2.45) is 5.41 Å². The number of hydrogen-bond donors (Lipinski definition) is 1. The van der Waals surface area contributed by atoms with E-state index in [9.17, 15) is 0 Å². The summed E-state index contributed by atoms with van der Waals surface area (Å²) in [5, 5.41) is 3.49. The first-order chi connectivity index (χ1) is 7.24. The Hall–Kier alpha value is -0.280. The smallest absolute Gasteiger partial charge is 0.169 e. The second-order valence-electron chi connectivity index (χ2n) is 4.52. The standard InChI is InChI=1S/C12H18BrNO/c1-2-12(6-3-7-12)9-14-8-10-4-5-11(13)15-10/h4-5,14H,2-3,6-9H2,1H3. The molecule has 0 spiro atoms. The van der Waals surface area contributed by atoms with Gasteiger partial charge in [0.2, 0.25) is 0 Å². The lowest BCUT2D eigenvalue weighted by atomic mass is 9.67. The Balaban J connectivity index is 1.74. The normalized spacial score (nSPS) is 18.8. The summed E-state index contributed by atoms with van der Waals surface area (Å²) >= 11 is 3.31. The van der Waals surface area contributed by atoms with E-state index in [2.05, 4.69) is 28.2 Å². The minimum atomic E-state index is 0.587. The summed E-state index contributed by atoms with van der Waals surface area (Å²) in [6.07, 6.45) is 5.47. The van der Waals surface area contributed by atoms with Crippen molar-refractivity contribution >= 4 is 15.9 Å². The highest BCUT2D eigenvalue weighted by Crippen LogP contribution is 2.43. The van der Waals surface area contributed by atoms with Crippen molar-refractivity contribution in [3.63, 3.8) is 0 Å². The summed E-state index contributed by atoms with van der Waals surface area (Å²) < 4.78 is 6.25. The van der Waals surface area contributed by atoms with Crippen LogP contribution in [0.25, 0.3) is 0 Å². The Bertz CT molecular complexity index is 312. The lowest BCUT2D eigenvalue weighted by molar-refractivity contribution is 0.123. The Morgan fingerprint density at radius 2 is 2.27 bits per heavy atom. The van der Waals surface area contributed by atoms with E-state index in [4.69, 9.17) is 4.42 Å². The zero-order valence-electron chi connectivity index (χ0n) is 9.18. The molecule has 0 bridgehead atoms. The SMILES string of the molecule is CCC1(CNCc2ccc(Br)o2)CCC1. The Kier molecular flexibility index (Phi) is 3.52. The average Bonchev–Trinajstić information content (AvgIpc) is 2.56. The molecule has 1 aromatic rings. The minimum absolute atomic E-state index is 0.587. The third-order valence-electron chi connectivity index (χ3n) is 3.59. The molecule has 1 aromatic heterocycles. The first-order valence-corrected chi connectivity index (χ1v) is 6.48. The van der Waals surface area contributed by atoms with E-state index in [1.807, 2.05) is 12.1 Å². The Labute approximate surface area is 99.6 Å². The van der Waals surface area contributed by atoms with E-state index in [0.717, 1.165) is 23.5 Å². The predicted molar refractivity (Wildman–Crippen MR) is 64.7 cm³/mol. The quantitative estimate of drug-likeness (QED) is 0.883. The van der Waals surface area contributed by atoms with Gasteiger partial charge in [0.25, 0.3) is 0 Å². The third-order valence-corrected chi connectivity index (χ3v) is 4.02. The van der Waals surface area contributed by atoms with Gasteiger partial charge in [0, 0.05) is 6.54 Å². The van der Waals surface area contributed by atoms with Gasteiger partial charge in [-0.05, 0) is 52.7 Å². The molecule has 3 heteroatoms. The van der Waals surface area contributed by atoms with Gasteiger partial charge in [0.05, 0.1) is 6.54 Å². The molecule has 1 fully saturated rings. The van der Waals surface area contributed by atoms with Crippen LogP contribution in [0.5, 0.6) is 0 Å². The number of halogens is 1. The highest BCUT2D eigenvalue weighted by molar-refractivity contribution is 9.10. The summed E-state index contributed by atoms with van der Waals surface area (Å²) in [6, 6.07) is 3.95. The summed E-state index contributed by atoms with van der Waals surface area (Å²) in [5.74, 6) is 1.01. The molecule has 2 nitrogen and oxygen atoms in total. The maximum Gasteiger partial charge on any atom is 0.169 e. The topological polar surface area (TPSA) is 25.2 Å². The van der Waals surface area contributed by atoms with Crippen molar-refractivity contribution < 1.29 is 4.42 Å². The van der Waals surface area contributed by atoms with Gasteiger partial charge in [-0.1, -0.05) is 13.3 Å². The number of furan rings is 1. The first kappa shape index (κ1) is 11.2. The second-order valence-corrected chi connectivity index (χ2v) is 5.30. The van der Waals surface area contributed by atoms with E-state index < -0.39 is 0 Å². The maximum atomic E-state index is 5.44. The molecule has 1 heterocycles. The molecule has 1 N–H and O–H groups in total.